The molecule has 1 aliphatic carbocycles. The molecular weight excluding hydrogens is 715 g/mol. The maximum absolute atomic E-state index is 6.59. The van der Waals surface area contributed by atoms with Gasteiger partial charge in [-0.3, -0.25) is 0 Å². The molecule has 10 aromatic rings. The summed E-state index contributed by atoms with van der Waals surface area (Å²) < 4.78 is 6.59. The van der Waals surface area contributed by atoms with Crippen LogP contribution in [0.4, 0.5) is 17.1 Å². The van der Waals surface area contributed by atoms with Crippen LogP contribution in [-0.2, 0) is 5.41 Å². The van der Waals surface area contributed by atoms with Crippen molar-refractivity contribution in [1.29, 1.82) is 0 Å². The molecule has 1 aliphatic rings. The molecular formula is C57H41NO. The molecule has 2 heteroatoms. The summed E-state index contributed by atoms with van der Waals surface area (Å²) in [6.07, 6.45) is 0. The van der Waals surface area contributed by atoms with Crippen molar-refractivity contribution in [2.45, 2.75) is 19.3 Å². The summed E-state index contributed by atoms with van der Waals surface area (Å²) in [5, 5.41) is 2.25. The van der Waals surface area contributed by atoms with Crippen LogP contribution >= 0.6 is 0 Å². The lowest BCUT2D eigenvalue weighted by Gasteiger charge is -2.31. The molecule has 0 fully saturated rings. The first-order valence-electron chi connectivity index (χ1n) is 20.4. The highest BCUT2D eigenvalue weighted by Gasteiger charge is 2.37. The van der Waals surface area contributed by atoms with E-state index in [0.29, 0.717) is 0 Å². The minimum Gasteiger partial charge on any atom is -0.455 e. The van der Waals surface area contributed by atoms with Crippen molar-refractivity contribution in [1.82, 2.24) is 0 Å². The molecule has 9 aromatic carbocycles. The molecule has 2 nitrogen and oxygen atoms in total. The summed E-state index contributed by atoms with van der Waals surface area (Å²) in [7, 11) is 0. The summed E-state index contributed by atoms with van der Waals surface area (Å²) in [6.45, 7) is 4.71. The summed E-state index contributed by atoms with van der Waals surface area (Å²) in [6, 6.07) is 76.9. The van der Waals surface area contributed by atoms with Crippen molar-refractivity contribution in [2.24, 2.45) is 0 Å². The quantitative estimate of drug-likeness (QED) is 0.161. The van der Waals surface area contributed by atoms with Crippen LogP contribution in [-0.4, -0.2) is 0 Å². The first-order chi connectivity index (χ1) is 29.0. The lowest BCUT2D eigenvalue weighted by atomic mass is 9.82. The largest absolute Gasteiger partial charge is 0.455 e. The van der Waals surface area contributed by atoms with Gasteiger partial charge in [-0.1, -0.05) is 190 Å². The summed E-state index contributed by atoms with van der Waals surface area (Å²) >= 11 is 0. The monoisotopic (exact) mass is 755 g/mol. The van der Waals surface area contributed by atoms with Gasteiger partial charge in [-0.15, -0.1) is 0 Å². The van der Waals surface area contributed by atoms with Crippen LogP contribution in [0.15, 0.2) is 217 Å². The number of fused-ring (bicyclic) bond motifs is 6. The molecule has 0 unspecified atom stereocenters. The Bertz CT molecular complexity index is 3190. The van der Waals surface area contributed by atoms with Crippen LogP contribution in [0, 0.1) is 0 Å². The number of furan rings is 1. The zero-order valence-corrected chi connectivity index (χ0v) is 33.1. The highest BCUT2D eigenvalue weighted by molar-refractivity contribution is 6.10. The van der Waals surface area contributed by atoms with Gasteiger partial charge < -0.3 is 9.32 Å². The standard InChI is InChI=1S/C57H41NO/c1-57(2)50-30-12-9-26-48(50)55-46(28-17-31-51(55)57)44-24-10-13-32-52(44)58(53-35-34-40(38-18-5-3-6-19-38)37-49(53)39-20-7-4-8-21-39)42-23-15-22-41(36-42)43-27-16-29-47-45-25-11-14-33-54(45)59-56(43)47/h3-37H,1-2H3. The van der Waals surface area contributed by atoms with Crippen LogP contribution in [0.5, 0.6) is 0 Å². The van der Waals surface area contributed by atoms with Gasteiger partial charge in [0.15, 0.2) is 0 Å². The van der Waals surface area contributed by atoms with Crippen molar-refractivity contribution in [3.63, 3.8) is 0 Å². The third-order valence-electron chi connectivity index (χ3n) is 12.3. The molecule has 280 valence electrons. The molecule has 11 rings (SSSR count). The SMILES string of the molecule is CC1(C)c2ccccc2-c2c(-c3ccccc3N(c3cccc(-c4cccc5c4oc4ccccc45)c3)c3ccc(-c4ccccc4)cc3-c3ccccc3)cccc21. The molecule has 0 spiro atoms. The Balaban J connectivity index is 1.18. The second-order valence-electron chi connectivity index (χ2n) is 16.0. The average Bonchev–Trinajstić information content (AvgIpc) is 3.79. The molecule has 0 saturated heterocycles. The summed E-state index contributed by atoms with van der Waals surface area (Å²) in [5.74, 6) is 0. The van der Waals surface area contributed by atoms with E-state index in [-0.39, 0.29) is 5.41 Å². The second-order valence-corrected chi connectivity index (χ2v) is 16.0. The predicted octanol–water partition coefficient (Wildman–Crippen LogP) is 16.0. The Hall–Kier alpha value is -7.42. The van der Waals surface area contributed by atoms with Gasteiger partial charge in [0.2, 0.25) is 0 Å². The summed E-state index contributed by atoms with van der Waals surface area (Å²) in [5.41, 5.74) is 19.5. The lowest BCUT2D eigenvalue weighted by Crippen LogP contribution is -2.15. The highest BCUT2D eigenvalue weighted by Crippen LogP contribution is 2.54. The Labute approximate surface area is 345 Å². The first kappa shape index (κ1) is 34.8. The molecule has 1 aromatic heterocycles. The number of hydrogen-bond acceptors (Lipinski definition) is 2. The second kappa shape index (κ2) is 13.9. The number of rotatable bonds is 7. The van der Waals surface area contributed by atoms with Crippen molar-refractivity contribution in [2.75, 3.05) is 4.90 Å². The zero-order chi connectivity index (χ0) is 39.5. The van der Waals surface area contributed by atoms with E-state index in [1.54, 1.807) is 0 Å². The Morgan fingerprint density at radius 1 is 0.373 bits per heavy atom. The molecule has 0 bridgehead atoms. The van der Waals surface area contributed by atoms with Gasteiger partial charge in [-0.25, -0.2) is 0 Å². The van der Waals surface area contributed by atoms with Crippen molar-refractivity contribution in [3.05, 3.63) is 223 Å². The minimum absolute atomic E-state index is 0.115. The van der Waals surface area contributed by atoms with Gasteiger partial charge in [-0.05, 0) is 86.5 Å². The number of hydrogen-bond donors (Lipinski definition) is 0. The van der Waals surface area contributed by atoms with Crippen LogP contribution in [0.25, 0.3) is 77.6 Å². The molecule has 1 heterocycles. The van der Waals surface area contributed by atoms with Crippen molar-refractivity contribution < 1.29 is 4.42 Å². The minimum atomic E-state index is -0.115. The highest BCUT2D eigenvalue weighted by atomic mass is 16.3. The van der Waals surface area contributed by atoms with Gasteiger partial charge in [-0.2, -0.15) is 0 Å². The topological polar surface area (TPSA) is 16.4 Å². The third kappa shape index (κ3) is 5.71. The number of para-hydroxylation sites is 3. The van der Waals surface area contributed by atoms with Crippen molar-refractivity contribution >= 4 is 39.0 Å². The number of nitrogens with zero attached hydrogens (tertiary/aromatic N) is 1. The van der Waals surface area contributed by atoms with E-state index in [9.17, 15) is 0 Å². The smallest absolute Gasteiger partial charge is 0.143 e. The van der Waals surface area contributed by atoms with Crippen molar-refractivity contribution in [3.8, 4) is 55.6 Å². The molecule has 0 atom stereocenters. The van der Waals surface area contributed by atoms with Gasteiger partial charge in [0.05, 0.1) is 11.4 Å². The van der Waals surface area contributed by atoms with E-state index in [2.05, 4.69) is 225 Å². The van der Waals surface area contributed by atoms with Gasteiger partial charge in [0.25, 0.3) is 0 Å². The van der Waals surface area contributed by atoms with Gasteiger partial charge in [0.1, 0.15) is 11.2 Å². The Morgan fingerprint density at radius 3 is 1.81 bits per heavy atom. The molecule has 0 amide bonds. The van der Waals surface area contributed by atoms with E-state index < -0.39 is 0 Å². The normalized spacial score (nSPS) is 12.7. The van der Waals surface area contributed by atoms with E-state index in [0.717, 1.165) is 61.3 Å². The average molecular weight is 756 g/mol. The van der Waals surface area contributed by atoms with Crippen LogP contribution < -0.4 is 4.90 Å². The molecule has 0 saturated carbocycles. The third-order valence-corrected chi connectivity index (χ3v) is 12.3. The predicted molar refractivity (Wildman–Crippen MR) is 248 cm³/mol. The Kier molecular flexibility index (Phi) is 8.20. The van der Waals surface area contributed by atoms with E-state index in [1.807, 2.05) is 6.07 Å². The van der Waals surface area contributed by atoms with Crippen LogP contribution in [0.1, 0.15) is 25.0 Å². The van der Waals surface area contributed by atoms with Gasteiger partial charge >= 0.3 is 0 Å². The van der Waals surface area contributed by atoms with Crippen LogP contribution in [0.2, 0.25) is 0 Å². The van der Waals surface area contributed by atoms with E-state index >= 15 is 0 Å². The lowest BCUT2D eigenvalue weighted by molar-refractivity contribution is 0.660. The molecule has 0 N–H and O–H groups in total. The number of benzene rings is 9. The maximum Gasteiger partial charge on any atom is 0.143 e. The Morgan fingerprint density at radius 2 is 0.966 bits per heavy atom. The fourth-order valence-electron chi connectivity index (χ4n) is 9.46. The van der Waals surface area contributed by atoms with Crippen LogP contribution in [0.3, 0.4) is 0 Å². The zero-order valence-electron chi connectivity index (χ0n) is 33.1. The fourth-order valence-corrected chi connectivity index (χ4v) is 9.46. The maximum atomic E-state index is 6.59. The summed E-state index contributed by atoms with van der Waals surface area (Å²) in [4.78, 5) is 2.47. The molecule has 0 radical (unpaired) electrons. The fraction of sp³-hybridized carbons (Fsp3) is 0.0526. The molecule has 0 aliphatic heterocycles. The van der Waals surface area contributed by atoms with E-state index in [4.69, 9.17) is 4.42 Å². The first-order valence-corrected chi connectivity index (χ1v) is 20.4. The van der Waals surface area contributed by atoms with E-state index in [1.165, 1.54) is 44.5 Å². The molecule has 59 heavy (non-hydrogen) atoms. The van der Waals surface area contributed by atoms with Gasteiger partial charge in [0, 0.05) is 38.6 Å². The number of anilines is 3.